The Morgan fingerprint density at radius 2 is 2.20 bits per heavy atom. The number of pyridine rings is 1. The molecule has 41 heavy (non-hydrogen) atoms. The molecule has 3 saturated carbocycles. The molecule has 3 heterocycles. The molecule has 4 aliphatic carbocycles. The average molecular weight is 574 g/mol. The summed E-state index contributed by atoms with van der Waals surface area (Å²) in [5, 5.41) is 37.9. The number of allylic oxidation sites excluding steroid dienone is 1. The fraction of sp³-hybridized carbons (Fsp3) is 0.581. The molecule has 0 aromatic carbocycles. The zero-order chi connectivity index (χ0) is 28.6. The summed E-state index contributed by atoms with van der Waals surface area (Å²) in [7, 11) is 0. The molecule has 0 saturated heterocycles. The van der Waals surface area contributed by atoms with E-state index >= 15 is 0 Å². The van der Waals surface area contributed by atoms with Crippen molar-refractivity contribution in [2.24, 2.45) is 28.6 Å². The van der Waals surface area contributed by atoms with Crippen LogP contribution in [0.25, 0.3) is 17.3 Å². The molecule has 3 aromatic heterocycles. The van der Waals surface area contributed by atoms with Crippen molar-refractivity contribution >= 4 is 34.9 Å². The molecule has 7 rings (SSSR count). The Morgan fingerprint density at radius 3 is 3.00 bits per heavy atom. The third-order valence-corrected chi connectivity index (χ3v) is 11.8. The van der Waals surface area contributed by atoms with Gasteiger partial charge in [-0.3, -0.25) is 9.48 Å². The van der Waals surface area contributed by atoms with Gasteiger partial charge in [-0.1, -0.05) is 31.2 Å². The van der Waals surface area contributed by atoms with Crippen molar-refractivity contribution in [3.63, 3.8) is 0 Å². The molecule has 0 bridgehead atoms. The maximum atomic E-state index is 13.7. The lowest BCUT2D eigenvalue weighted by molar-refractivity contribution is -0.177. The van der Waals surface area contributed by atoms with Crippen molar-refractivity contribution in [1.82, 2.24) is 19.7 Å². The molecule has 3 aromatic rings. The Bertz CT molecular complexity index is 1570. The molecule has 0 aliphatic heterocycles. The van der Waals surface area contributed by atoms with Gasteiger partial charge in [0, 0.05) is 11.6 Å². The first-order chi connectivity index (χ1) is 19.7. The van der Waals surface area contributed by atoms with Crippen molar-refractivity contribution in [2.75, 3.05) is 5.75 Å². The second-order valence-corrected chi connectivity index (χ2v) is 13.8. The number of carbonyl (C=O) groups excluding carboxylic acids is 1. The zero-order valence-corrected chi connectivity index (χ0v) is 24.2. The van der Waals surface area contributed by atoms with Crippen LogP contribution in [-0.2, 0) is 17.8 Å². The average Bonchev–Trinajstić information content (AvgIpc) is 3.62. The number of aliphatic hydroxyl groups excluding tert-OH is 1. The smallest absolute Gasteiger partial charge is 0.258 e. The van der Waals surface area contributed by atoms with E-state index in [0.29, 0.717) is 42.3 Å². The van der Waals surface area contributed by atoms with E-state index in [1.165, 1.54) is 22.9 Å². The van der Waals surface area contributed by atoms with Gasteiger partial charge in [0.1, 0.15) is 5.60 Å². The molecule has 10 heteroatoms. The first kappa shape index (κ1) is 26.9. The van der Waals surface area contributed by atoms with Crippen LogP contribution >= 0.6 is 11.8 Å². The molecular weight excluding hydrogens is 538 g/mol. The number of Topliss-reactive ketones (excluding diaryl/α,β-unsaturated/α-hetero) is 1. The highest BCUT2D eigenvalue weighted by atomic mass is 32.2. The van der Waals surface area contributed by atoms with Gasteiger partial charge in [-0.15, -0.1) is 0 Å². The Balaban J connectivity index is 1.13. The minimum Gasteiger partial charge on any atom is -0.430 e. The van der Waals surface area contributed by atoms with E-state index in [-0.39, 0.29) is 34.7 Å². The van der Waals surface area contributed by atoms with Crippen LogP contribution in [0, 0.1) is 39.9 Å². The standard InChI is InChI=1S/C31H35N5O4S/c1-29-14-18-16-34-36(12-4-10-32)22(18)13-19(29)6-7-20-21-8-9-31(39,30(21,2)15-23(37)26(20)29)25(38)17-41-28-35-27-24(40-28)5-3-11-33-27/h3,5,11,13,16,20-21,23,26,37,39H,4,6-9,12,14-15,17H2,1-2H3/t20?,21?,23-,26?,29?,30?,31?/m0/s1. The predicted octanol–water partition coefficient (Wildman–Crippen LogP) is 4.58. The van der Waals surface area contributed by atoms with E-state index in [1.807, 2.05) is 17.8 Å². The van der Waals surface area contributed by atoms with E-state index in [2.05, 4.69) is 34.1 Å². The van der Waals surface area contributed by atoms with Gasteiger partial charge in [0.2, 0.25) is 0 Å². The van der Waals surface area contributed by atoms with Gasteiger partial charge in [-0.25, -0.2) is 4.98 Å². The molecule has 4 aliphatic rings. The number of carbonyl (C=O) groups is 1. The number of nitrogens with zero attached hydrogens (tertiary/aromatic N) is 5. The van der Waals surface area contributed by atoms with Crippen LogP contribution in [0.4, 0.5) is 0 Å². The van der Waals surface area contributed by atoms with Crippen LogP contribution in [0.1, 0.15) is 63.6 Å². The summed E-state index contributed by atoms with van der Waals surface area (Å²) in [5.41, 5.74) is 2.27. The normalized spacial score (nSPS) is 35.6. The van der Waals surface area contributed by atoms with E-state index in [9.17, 15) is 15.0 Å². The van der Waals surface area contributed by atoms with Gasteiger partial charge in [0.15, 0.2) is 17.0 Å². The van der Waals surface area contributed by atoms with Gasteiger partial charge in [-0.2, -0.15) is 15.3 Å². The molecular formula is C31H35N5O4S. The first-order valence-electron chi connectivity index (χ1n) is 14.6. The molecule has 214 valence electrons. The number of hydrogen-bond donors (Lipinski definition) is 2. The van der Waals surface area contributed by atoms with Crippen molar-refractivity contribution in [3.05, 3.63) is 41.4 Å². The van der Waals surface area contributed by atoms with Gasteiger partial charge in [0.25, 0.3) is 5.22 Å². The number of ketones is 1. The fourth-order valence-corrected chi connectivity index (χ4v) is 9.89. The lowest BCUT2D eigenvalue weighted by atomic mass is 9.45. The number of rotatable bonds is 6. The highest BCUT2D eigenvalue weighted by Gasteiger charge is 2.68. The van der Waals surface area contributed by atoms with Crippen LogP contribution in [0.2, 0.25) is 0 Å². The summed E-state index contributed by atoms with van der Waals surface area (Å²) in [6, 6.07) is 5.77. The number of nitriles is 1. The topological polar surface area (TPSA) is 138 Å². The Morgan fingerprint density at radius 1 is 1.34 bits per heavy atom. The number of aliphatic hydroxyl groups is 2. The summed E-state index contributed by atoms with van der Waals surface area (Å²) in [5.74, 6) is 0.261. The number of oxazole rings is 1. The molecule has 7 atom stereocenters. The van der Waals surface area contributed by atoms with E-state index < -0.39 is 17.1 Å². The molecule has 2 N–H and O–H groups in total. The van der Waals surface area contributed by atoms with Crippen LogP contribution in [0.5, 0.6) is 0 Å². The van der Waals surface area contributed by atoms with E-state index in [0.717, 1.165) is 31.4 Å². The third-order valence-electron chi connectivity index (χ3n) is 11.0. The van der Waals surface area contributed by atoms with E-state index in [4.69, 9.17) is 9.68 Å². The molecule has 0 spiro atoms. The maximum Gasteiger partial charge on any atom is 0.258 e. The van der Waals surface area contributed by atoms with Crippen molar-refractivity contribution < 1.29 is 19.4 Å². The van der Waals surface area contributed by atoms with Crippen molar-refractivity contribution in [1.29, 1.82) is 5.26 Å². The zero-order valence-electron chi connectivity index (χ0n) is 23.4. The highest BCUT2D eigenvalue weighted by molar-refractivity contribution is 7.99. The quantitative estimate of drug-likeness (QED) is 0.406. The molecule has 0 amide bonds. The van der Waals surface area contributed by atoms with Crippen LogP contribution in [-0.4, -0.2) is 53.2 Å². The Labute approximate surface area is 243 Å². The monoisotopic (exact) mass is 573 g/mol. The summed E-state index contributed by atoms with van der Waals surface area (Å²) in [6.07, 6.45) is 9.87. The Kier molecular flexibility index (Phi) is 6.23. The molecule has 9 nitrogen and oxygen atoms in total. The minimum absolute atomic E-state index is 0.0512. The highest BCUT2D eigenvalue weighted by Crippen LogP contribution is 2.67. The third kappa shape index (κ3) is 3.89. The molecule has 3 fully saturated rings. The number of aromatic nitrogens is 4. The van der Waals surface area contributed by atoms with Crippen molar-refractivity contribution in [3.8, 4) is 6.07 Å². The van der Waals surface area contributed by atoms with Crippen LogP contribution in [0.3, 0.4) is 0 Å². The van der Waals surface area contributed by atoms with Crippen LogP contribution in [0.15, 0.2) is 39.7 Å². The number of thioether (sulfide) groups is 1. The summed E-state index contributed by atoms with van der Waals surface area (Å²) < 4.78 is 7.66. The summed E-state index contributed by atoms with van der Waals surface area (Å²) >= 11 is 1.19. The molecule has 0 radical (unpaired) electrons. The summed E-state index contributed by atoms with van der Waals surface area (Å²) in [4.78, 5) is 22.3. The lowest BCUT2D eigenvalue weighted by Gasteiger charge is -2.60. The number of fused-ring (bicyclic) bond motifs is 7. The van der Waals surface area contributed by atoms with Crippen LogP contribution < -0.4 is 0 Å². The second kappa shape index (κ2) is 9.51. The lowest BCUT2D eigenvalue weighted by Crippen LogP contribution is -2.62. The maximum absolute atomic E-state index is 13.7. The predicted molar refractivity (Wildman–Crippen MR) is 152 cm³/mol. The fourth-order valence-electron chi connectivity index (χ4n) is 9.09. The first-order valence-corrected chi connectivity index (χ1v) is 15.6. The Hall–Kier alpha value is -3.00. The van der Waals surface area contributed by atoms with E-state index in [1.54, 1.807) is 18.3 Å². The molecule has 6 unspecified atom stereocenters. The minimum atomic E-state index is -1.50. The number of aryl methyl sites for hydroxylation is 1. The van der Waals surface area contributed by atoms with Crippen molar-refractivity contribution in [2.45, 2.75) is 82.3 Å². The van der Waals surface area contributed by atoms with Gasteiger partial charge in [0.05, 0.1) is 42.8 Å². The largest absolute Gasteiger partial charge is 0.430 e. The second-order valence-electron chi connectivity index (χ2n) is 12.9. The van der Waals surface area contributed by atoms with Gasteiger partial charge < -0.3 is 14.6 Å². The number of hydrogen-bond acceptors (Lipinski definition) is 9. The van der Waals surface area contributed by atoms with Gasteiger partial charge in [-0.05, 0) is 85.5 Å². The van der Waals surface area contributed by atoms with Gasteiger partial charge >= 0.3 is 0 Å². The summed E-state index contributed by atoms with van der Waals surface area (Å²) in [6.45, 7) is 4.90. The SMILES string of the molecule is CC12Cc3cnn(CCC#N)c3C=C1CCC1C2[C@@H](O)CC2(C)C1CCC2(O)C(=O)CSc1nc2ncccc2o1.